The third-order valence-corrected chi connectivity index (χ3v) is 4.95. The molecule has 6 heteroatoms. The summed E-state index contributed by atoms with van der Waals surface area (Å²) < 4.78 is 11.2. The fraction of sp³-hybridized carbons (Fsp3) is 0.579. The van der Waals surface area contributed by atoms with Gasteiger partial charge in [0, 0.05) is 31.2 Å². The van der Waals surface area contributed by atoms with E-state index in [1.807, 2.05) is 20.8 Å². The lowest BCUT2D eigenvalue weighted by atomic mass is 9.74. The number of amides is 1. The molecule has 0 unspecified atom stereocenters. The highest BCUT2D eigenvalue weighted by Gasteiger charge is 2.54. The van der Waals surface area contributed by atoms with Crippen LogP contribution in [0.3, 0.4) is 0 Å². The van der Waals surface area contributed by atoms with E-state index in [0.717, 1.165) is 0 Å². The monoisotopic (exact) mass is 347 g/mol. The molecular weight excluding hydrogens is 322 g/mol. The Morgan fingerprint density at radius 2 is 1.96 bits per heavy atom. The van der Waals surface area contributed by atoms with Crippen molar-refractivity contribution in [1.29, 1.82) is 0 Å². The number of benzene rings is 1. The zero-order chi connectivity index (χ0) is 18.2. The summed E-state index contributed by atoms with van der Waals surface area (Å²) in [6.07, 6.45) is 0.454. The molecular formula is C19H25NO5. The number of hydrogen-bond donors (Lipinski definition) is 1. The van der Waals surface area contributed by atoms with Crippen LogP contribution in [-0.2, 0) is 9.53 Å². The molecule has 2 saturated heterocycles. The van der Waals surface area contributed by atoms with Crippen LogP contribution in [-0.4, -0.2) is 53.8 Å². The van der Waals surface area contributed by atoms with Gasteiger partial charge >= 0.3 is 5.97 Å². The highest BCUT2D eigenvalue weighted by molar-refractivity contribution is 5.95. The van der Waals surface area contributed by atoms with Crippen LogP contribution in [0.5, 0.6) is 5.75 Å². The van der Waals surface area contributed by atoms with Crippen LogP contribution in [0.4, 0.5) is 0 Å². The minimum Gasteiger partial charge on any atom is -0.488 e. The predicted octanol–water partition coefficient (Wildman–Crippen LogP) is 2.43. The normalized spacial score (nSPS) is 26.2. The Morgan fingerprint density at radius 3 is 2.52 bits per heavy atom. The maximum atomic E-state index is 12.8. The van der Waals surface area contributed by atoms with Crippen molar-refractivity contribution in [2.24, 2.45) is 11.3 Å². The standard InChI is InChI=1S/C19H25NO5/c1-18(2,3)25-15-6-4-13(5-7-15)16(21)20-10-14-11-24-9-8-19(14,12-20)17(22)23/h4-7,14H,8-12H2,1-3H3,(H,22,23)/t14-,19+/m0/s1. The maximum absolute atomic E-state index is 12.8. The number of carbonyl (C=O) groups excluding carboxylic acids is 1. The van der Waals surface area contributed by atoms with Crippen LogP contribution >= 0.6 is 0 Å². The van der Waals surface area contributed by atoms with Crippen molar-refractivity contribution in [2.45, 2.75) is 32.8 Å². The zero-order valence-electron chi connectivity index (χ0n) is 14.9. The molecule has 0 bridgehead atoms. The summed E-state index contributed by atoms with van der Waals surface area (Å²) in [7, 11) is 0. The molecule has 136 valence electrons. The number of nitrogens with zero attached hydrogens (tertiary/aromatic N) is 1. The van der Waals surface area contributed by atoms with Crippen molar-refractivity contribution in [3.8, 4) is 5.75 Å². The lowest BCUT2D eigenvalue weighted by Gasteiger charge is -2.33. The second kappa shape index (κ2) is 6.33. The van der Waals surface area contributed by atoms with Crippen molar-refractivity contribution in [1.82, 2.24) is 4.90 Å². The van der Waals surface area contributed by atoms with Crippen molar-refractivity contribution >= 4 is 11.9 Å². The molecule has 0 aromatic heterocycles. The number of carboxylic acids is 1. The predicted molar refractivity (Wildman–Crippen MR) is 91.7 cm³/mol. The summed E-state index contributed by atoms with van der Waals surface area (Å²) in [5.74, 6) is -0.414. The van der Waals surface area contributed by atoms with Crippen LogP contribution in [0.2, 0.25) is 0 Å². The maximum Gasteiger partial charge on any atom is 0.311 e. The van der Waals surface area contributed by atoms with Crippen LogP contribution < -0.4 is 4.74 Å². The fourth-order valence-electron chi connectivity index (χ4n) is 3.66. The van der Waals surface area contributed by atoms with Gasteiger partial charge in [-0.25, -0.2) is 0 Å². The van der Waals surface area contributed by atoms with Gasteiger partial charge in [-0.05, 0) is 51.5 Å². The van der Waals surface area contributed by atoms with Crippen LogP contribution in [0.15, 0.2) is 24.3 Å². The fourth-order valence-corrected chi connectivity index (χ4v) is 3.66. The Balaban J connectivity index is 1.74. The summed E-state index contributed by atoms with van der Waals surface area (Å²) in [5.41, 5.74) is -0.630. The average molecular weight is 347 g/mol. The smallest absolute Gasteiger partial charge is 0.311 e. The Kier molecular flexibility index (Phi) is 4.49. The Labute approximate surface area is 147 Å². The van der Waals surface area contributed by atoms with Crippen molar-refractivity contribution in [3.05, 3.63) is 29.8 Å². The SMILES string of the molecule is CC(C)(C)Oc1ccc(C(=O)N2C[C@H]3COCC[C@@]3(C(=O)O)C2)cc1. The third kappa shape index (κ3) is 3.49. The number of aliphatic carboxylic acids is 1. The Bertz CT molecular complexity index is 663. The van der Waals surface area contributed by atoms with E-state index in [1.54, 1.807) is 29.2 Å². The summed E-state index contributed by atoms with van der Waals surface area (Å²) in [5, 5.41) is 9.70. The van der Waals surface area contributed by atoms with Crippen molar-refractivity contribution < 1.29 is 24.2 Å². The Hall–Kier alpha value is -2.08. The van der Waals surface area contributed by atoms with Gasteiger partial charge in [-0.2, -0.15) is 0 Å². The first-order valence-electron chi connectivity index (χ1n) is 8.61. The number of carboxylic acid groups (broad SMARTS) is 1. The van der Waals surface area contributed by atoms with Gasteiger partial charge in [0.2, 0.25) is 0 Å². The third-order valence-electron chi connectivity index (χ3n) is 4.95. The van der Waals surface area contributed by atoms with Crippen LogP contribution in [0.1, 0.15) is 37.6 Å². The molecule has 3 rings (SSSR count). The lowest BCUT2D eigenvalue weighted by molar-refractivity contribution is -0.157. The van der Waals surface area contributed by atoms with E-state index < -0.39 is 11.4 Å². The second-order valence-electron chi connectivity index (χ2n) is 7.91. The zero-order valence-corrected chi connectivity index (χ0v) is 14.9. The number of ether oxygens (including phenoxy) is 2. The van der Waals surface area contributed by atoms with E-state index >= 15 is 0 Å². The Morgan fingerprint density at radius 1 is 1.28 bits per heavy atom. The quantitative estimate of drug-likeness (QED) is 0.909. The summed E-state index contributed by atoms with van der Waals surface area (Å²) in [4.78, 5) is 26.3. The molecule has 2 heterocycles. The molecule has 2 fully saturated rings. The molecule has 2 aliphatic heterocycles. The average Bonchev–Trinajstić information content (AvgIpc) is 2.94. The molecule has 0 radical (unpaired) electrons. The summed E-state index contributed by atoms with van der Waals surface area (Å²) in [6.45, 7) is 7.39. The minimum absolute atomic E-state index is 0.141. The topological polar surface area (TPSA) is 76.1 Å². The van der Waals surface area contributed by atoms with Gasteiger partial charge in [0.1, 0.15) is 11.4 Å². The van der Waals surface area contributed by atoms with E-state index in [-0.39, 0.29) is 24.0 Å². The molecule has 1 amide bonds. The van der Waals surface area contributed by atoms with Gasteiger partial charge in [-0.15, -0.1) is 0 Å². The largest absolute Gasteiger partial charge is 0.488 e. The molecule has 1 aromatic rings. The summed E-state index contributed by atoms with van der Waals surface area (Å²) >= 11 is 0. The molecule has 25 heavy (non-hydrogen) atoms. The first-order valence-corrected chi connectivity index (χ1v) is 8.61. The van der Waals surface area contributed by atoms with Crippen molar-refractivity contribution in [3.63, 3.8) is 0 Å². The van der Waals surface area contributed by atoms with Crippen LogP contribution in [0.25, 0.3) is 0 Å². The molecule has 1 N–H and O–H groups in total. The molecule has 1 aromatic carbocycles. The lowest BCUT2D eigenvalue weighted by Crippen LogP contribution is -2.45. The van der Waals surface area contributed by atoms with Crippen molar-refractivity contribution in [2.75, 3.05) is 26.3 Å². The number of likely N-dealkylation sites (tertiary alicyclic amines) is 1. The number of rotatable bonds is 3. The van der Waals surface area contributed by atoms with Gasteiger partial charge in [-0.1, -0.05) is 0 Å². The second-order valence-corrected chi connectivity index (χ2v) is 7.91. The molecule has 0 saturated carbocycles. The van der Waals surface area contributed by atoms with Gasteiger partial charge < -0.3 is 19.5 Å². The van der Waals surface area contributed by atoms with E-state index in [9.17, 15) is 14.7 Å². The highest BCUT2D eigenvalue weighted by Crippen LogP contribution is 2.42. The molecule has 0 spiro atoms. The number of fused-ring (bicyclic) bond motifs is 1. The molecule has 0 aliphatic carbocycles. The van der Waals surface area contributed by atoms with E-state index in [0.29, 0.717) is 37.5 Å². The van der Waals surface area contributed by atoms with Crippen LogP contribution in [0, 0.1) is 11.3 Å². The first kappa shape index (κ1) is 17.7. The summed E-state index contributed by atoms with van der Waals surface area (Å²) in [6, 6.07) is 7.01. The highest BCUT2D eigenvalue weighted by atomic mass is 16.5. The first-order chi connectivity index (χ1) is 11.7. The van der Waals surface area contributed by atoms with Gasteiger partial charge in [0.15, 0.2) is 0 Å². The molecule has 6 nitrogen and oxygen atoms in total. The minimum atomic E-state index is -0.872. The molecule has 2 atom stereocenters. The van der Waals surface area contributed by atoms with Gasteiger partial charge in [0.05, 0.1) is 12.0 Å². The number of hydrogen-bond acceptors (Lipinski definition) is 4. The van der Waals surface area contributed by atoms with E-state index in [2.05, 4.69) is 0 Å². The number of carbonyl (C=O) groups is 2. The van der Waals surface area contributed by atoms with E-state index in [4.69, 9.17) is 9.47 Å². The molecule has 2 aliphatic rings. The van der Waals surface area contributed by atoms with Gasteiger partial charge in [0.25, 0.3) is 5.91 Å². The van der Waals surface area contributed by atoms with Gasteiger partial charge in [-0.3, -0.25) is 9.59 Å². The van der Waals surface area contributed by atoms with E-state index in [1.165, 1.54) is 0 Å².